The second kappa shape index (κ2) is 7.28. The minimum atomic E-state index is -0.602. The van der Waals surface area contributed by atoms with Crippen LogP contribution in [-0.4, -0.2) is 27.3 Å². The zero-order chi connectivity index (χ0) is 21.2. The van der Waals surface area contributed by atoms with Gasteiger partial charge in [-0.2, -0.15) is 0 Å². The first kappa shape index (κ1) is 19.9. The lowest BCUT2D eigenvalue weighted by molar-refractivity contribution is 0.142. The van der Waals surface area contributed by atoms with Crippen molar-refractivity contribution in [1.29, 1.82) is 0 Å². The van der Waals surface area contributed by atoms with Crippen molar-refractivity contribution in [2.45, 2.75) is 68.9 Å². The Kier molecular flexibility index (Phi) is 4.83. The normalized spacial score (nSPS) is 26.7. The number of halogens is 1. The summed E-state index contributed by atoms with van der Waals surface area (Å²) in [5, 5.41) is 10.4. The molecule has 30 heavy (non-hydrogen) atoms. The fraction of sp³-hybridized carbons (Fsp3) is 0.545. The van der Waals surface area contributed by atoms with Crippen LogP contribution in [0.15, 0.2) is 21.5 Å². The van der Waals surface area contributed by atoms with E-state index in [4.69, 9.17) is 5.73 Å². The highest BCUT2D eigenvalue weighted by Crippen LogP contribution is 2.50. The van der Waals surface area contributed by atoms with Crippen LogP contribution in [0.5, 0.6) is 0 Å². The number of nitrogens with one attached hydrogen (secondary N) is 1. The van der Waals surface area contributed by atoms with Crippen LogP contribution < -0.4 is 17.0 Å². The lowest BCUT2D eigenvalue weighted by Crippen LogP contribution is -2.37. The molecule has 2 heterocycles. The van der Waals surface area contributed by atoms with Crippen molar-refractivity contribution in [3.8, 4) is 0 Å². The molecular weight excluding hydrogens is 405 g/mol. The average molecular weight is 432 g/mol. The summed E-state index contributed by atoms with van der Waals surface area (Å²) < 4.78 is 17.0. The summed E-state index contributed by atoms with van der Waals surface area (Å²) >= 11 is 1.59. The monoisotopic (exact) mass is 431 g/mol. The number of allylic oxidation sites excluding steroid dienone is 1. The molecule has 0 aromatic carbocycles. The third-order valence-electron chi connectivity index (χ3n) is 6.83. The van der Waals surface area contributed by atoms with Gasteiger partial charge in [-0.25, -0.2) is 9.18 Å². The third-order valence-corrected chi connectivity index (χ3v) is 8.13. The average Bonchev–Trinajstić information content (AvgIpc) is 3.45. The van der Waals surface area contributed by atoms with Gasteiger partial charge in [-0.05, 0) is 49.8 Å². The largest absolute Gasteiger partial charge is 0.391 e. The molecule has 0 saturated heterocycles. The SMILES string of the molecule is CC1c2c(c(=O)[nH]c(=O)n2C2CC2)C=C(F)C1c1cc2c(s1)CCCC2C(O)CN. The summed E-state index contributed by atoms with van der Waals surface area (Å²) in [7, 11) is 0. The number of aromatic nitrogens is 2. The number of nitrogens with two attached hydrogens (primary N) is 1. The van der Waals surface area contributed by atoms with Crippen molar-refractivity contribution in [3.63, 3.8) is 0 Å². The molecule has 4 atom stereocenters. The number of rotatable bonds is 4. The molecule has 4 unspecified atom stereocenters. The van der Waals surface area contributed by atoms with Crippen LogP contribution in [0.4, 0.5) is 4.39 Å². The van der Waals surface area contributed by atoms with Crippen molar-refractivity contribution in [3.05, 3.63) is 59.3 Å². The molecule has 6 nitrogen and oxygen atoms in total. The van der Waals surface area contributed by atoms with E-state index >= 15 is 4.39 Å². The number of aliphatic hydroxyl groups excluding tert-OH is 1. The zero-order valence-electron chi connectivity index (χ0n) is 16.9. The van der Waals surface area contributed by atoms with E-state index in [1.165, 1.54) is 11.0 Å². The zero-order valence-corrected chi connectivity index (χ0v) is 17.7. The highest BCUT2D eigenvalue weighted by Gasteiger charge is 2.39. The van der Waals surface area contributed by atoms with Gasteiger partial charge in [-0.15, -0.1) is 11.3 Å². The van der Waals surface area contributed by atoms with Crippen LogP contribution in [0.3, 0.4) is 0 Å². The van der Waals surface area contributed by atoms with E-state index in [0.29, 0.717) is 5.69 Å². The van der Waals surface area contributed by atoms with Gasteiger partial charge in [0.25, 0.3) is 5.56 Å². The summed E-state index contributed by atoms with van der Waals surface area (Å²) in [6.45, 7) is 2.10. The molecule has 0 spiro atoms. The van der Waals surface area contributed by atoms with Crippen LogP contribution >= 0.6 is 11.3 Å². The molecule has 160 valence electrons. The number of thiophene rings is 1. The molecule has 8 heteroatoms. The van der Waals surface area contributed by atoms with Gasteiger partial charge >= 0.3 is 5.69 Å². The van der Waals surface area contributed by atoms with Gasteiger partial charge < -0.3 is 10.8 Å². The summed E-state index contributed by atoms with van der Waals surface area (Å²) in [5.74, 6) is -1.24. The van der Waals surface area contributed by atoms with Crippen LogP contribution in [0.2, 0.25) is 0 Å². The molecule has 4 N–H and O–H groups in total. The van der Waals surface area contributed by atoms with E-state index in [9.17, 15) is 14.7 Å². The molecule has 0 bridgehead atoms. The van der Waals surface area contributed by atoms with Crippen molar-refractivity contribution >= 4 is 17.4 Å². The summed E-state index contributed by atoms with van der Waals surface area (Å²) in [5.41, 5.74) is 6.76. The minimum absolute atomic E-state index is 0.0190. The smallest absolute Gasteiger partial charge is 0.328 e. The van der Waals surface area contributed by atoms with Crippen LogP contribution in [0, 0.1) is 0 Å². The molecule has 5 rings (SSSR count). The fourth-order valence-corrected chi connectivity index (χ4v) is 6.70. The molecule has 0 radical (unpaired) electrons. The summed E-state index contributed by atoms with van der Waals surface area (Å²) in [6.07, 6.45) is 5.27. The van der Waals surface area contributed by atoms with Crippen LogP contribution in [0.1, 0.15) is 83.0 Å². The Balaban J connectivity index is 1.62. The number of fused-ring (bicyclic) bond motifs is 2. The van der Waals surface area contributed by atoms with Crippen molar-refractivity contribution in [2.24, 2.45) is 5.73 Å². The van der Waals surface area contributed by atoms with E-state index in [-0.39, 0.29) is 35.8 Å². The van der Waals surface area contributed by atoms with E-state index in [0.717, 1.165) is 42.5 Å². The van der Waals surface area contributed by atoms with E-state index in [1.54, 1.807) is 15.9 Å². The molecular formula is C22H26FN3O3S. The first-order chi connectivity index (χ1) is 14.4. The maximum Gasteiger partial charge on any atom is 0.328 e. The van der Waals surface area contributed by atoms with Gasteiger partial charge in [-0.3, -0.25) is 14.3 Å². The van der Waals surface area contributed by atoms with Crippen molar-refractivity contribution < 1.29 is 9.50 Å². The first-order valence-corrected chi connectivity index (χ1v) is 11.5. The third kappa shape index (κ3) is 3.04. The number of aromatic amines is 1. The second-order valence-electron chi connectivity index (χ2n) is 8.78. The predicted octanol–water partition coefficient (Wildman–Crippen LogP) is 2.88. The molecule has 3 aliphatic carbocycles. The number of hydrogen-bond donors (Lipinski definition) is 3. The Hall–Kier alpha value is -2.03. The molecule has 3 aliphatic rings. The highest BCUT2D eigenvalue weighted by molar-refractivity contribution is 7.12. The summed E-state index contributed by atoms with van der Waals surface area (Å²) in [4.78, 5) is 29.4. The number of H-pyrrole nitrogens is 1. The number of nitrogens with zero attached hydrogens (tertiary/aromatic N) is 1. The molecule has 1 saturated carbocycles. The molecule has 0 amide bonds. The van der Waals surface area contributed by atoms with E-state index in [1.807, 2.05) is 13.0 Å². The molecule has 2 aromatic rings. The lowest BCUT2D eigenvalue weighted by atomic mass is 9.80. The Morgan fingerprint density at radius 2 is 2.13 bits per heavy atom. The Morgan fingerprint density at radius 1 is 1.37 bits per heavy atom. The molecule has 0 aliphatic heterocycles. The van der Waals surface area contributed by atoms with E-state index < -0.39 is 23.3 Å². The minimum Gasteiger partial charge on any atom is -0.391 e. The highest BCUT2D eigenvalue weighted by atomic mass is 32.1. The number of hydrogen-bond acceptors (Lipinski definition) is 5. The Morgan fingerprint density at radius 3 is 2.83 bits per heavy atom. The van der Waals surface area contributed by atoms with Gasteiger partial charge in [0.2, 0.25) is 0 Å². The number of aliphatic hydroxyl groups is 1. The van der Waals surface area contributed by atoms with Crippen molar-refractivity contribution in [1.82, 2.24) is 9.55 Å². The molecule has 1 fully saturated rings. The Labute approximate surface area is 177 Å². The van der Waals surface area contributed by atoms with Crippen LogP contribution in [-0.2, 0) is 6.42 Å². The van der Waals surface area contributed by atoms with Gasteiger partial charge in [0, 0.05) is 39.9 Å². The van der Waals surface area contributed by atoms with Gasteiger partial charge in [0.1, 0.15) is 5.83 Å². The molecule has 2 aromatic heterocycles. The predicted molar refractivity (Wildman–Crippen MR) is 115 cm³/mol. The van der Waals surface area contributed by atoms with Gasteiger partial charge in [0.15, 0.2) is 0 Å². The standard InChI is InChI=1S/C22H26FN3O3S/c1-10-19(18-8-13-12(16(27)9-24)3-2-4-17(13)30-18)15(23)7-14-20(10)26(11-5-6-11)22(29)25-21(14)28/h7-8,10-12,16,19,27H,2-6,9,24H2,1H3,(H,25,28,29). The van der Waals surface area contributed by atoms with Gasteiger partial charge in [0.05, 0.1) is 17.6 Å². The van der Waals surface area contributed by atoms with Crippen molar-refractivity contribution in [2.75, 3.05) is 6.54 Å². The van der Waals surface area contributed by atoms with Crippen LogP contribution in [0.25, 0.3) is 6.08 Å². The summed E-state index contributed by atoms with van der Waals surface area (Å²) in [6, 6.07) is 2.11. The maximum absolute atomic E-state index is 15.3. The topological polar surface area (TPSA) is 101 Å². The lowest BCUT2D eigenvalue weighted by Gasteiger charge is -2.30. The van der Waals surface area contributed by atoms with Gasteiger partial charge in [-0.1, -0.05) is 6.92 Å². The Bertz CT molecular complexity index is 1140. The quantitative estimate of drug-likeness (QED) is 0.693. The maximum atomic E-state index is 15.3. The fourth-order valence-electron chi connectivity index (χ4n) is 5.22. The first-order valence-electron chi connectivity index (χ1n) is 10.7. The second-order valence-corrected chi connectivity index (χ2v) is 9.95. The van der Waals surface area contributed by atoms with E-state index in [2.05, 4.69) is 4.98 Å². The number of aryl methyl sites for hydroxylation is 1.